The maximum absolute atomic E-state index is 13.0. The Balaban J connectivity index is 1.38. The SMILES string of the molecule is COc1cccc(CC(=O)N2C3CCC2CC(NC(=O)c2ccncc2)C3)c1. The van der Waals surface area contributed by atoms with Gasteiger partial charge in [-0.2, -0.15) is 0 Å². The number of nitrogens with zero attached hydrogens (tertiary/aromatic N) is 2. The van der Waals surface area contributed by atoms with Crippen LogP contribution in [0.15, 0.2) is 48.8 Å². The average molecular weight is 379 g/mol. The fourth-order valence-corrected chi connectivity index (χ4v) is 4.52. The summed E-state index contributed by atoms with van der Waals surface area (Å²) >= 11 is 0. The van der Waals surface area contributed by atoms with E-state index in [0.717, 1.165) is 37.0 Å². The number of methoxy groups -OCH3 is 1. The molecule has 0 aliphatic carbocycles. The summed E-state index contributed by atoms with van der Waals surface area (Å²) in [7, 11) is 1.63. The number of amides is 2. The summed E-state index contributed by atoms with van der Waals surface area (Å²) in [5.41, 5.74) is 1.59. The topological polar surface area (TPSA) is 71.5 Å². The number of ether oxygens (including phenoxy) is 1. The first-order valence-corrected chi connectivity index (χ1v) is 9.79. The molecule has 28 heavy (non-hydrogen) atoms. The summed E-state index contributed by atoms with van der Waals surface area (Å²) in [6.07, 6.45) is 7.29. The van der Waals surface area contributed by atoms with Crippen LogP contribution in [-0.2, 0) is 11.2 Å². The fourth-order valence-electron chi connectivity index (χ4n) is 4.52. The summed E-state index contributed by atoms with van der Waals surface area (Å²) in [5, 5.41) is 3.14. The van der Waals surface area contributed by atoms with Crippen molar-refractivity contribution in [2.75, 3.05) is 7.11 Å². The lowest BCUT2D eigenvalue weighted by molar-refractivity contribution is -0.135. The number of piperidine rings is 1. The van der Waals surface area contributed by atoms with E-state index < -0.39 is 0 Å². The van der Waals surface area contributed by atoms with E-state index in [0.29, 0.717) is 12.0 Å². The van der Waals surface area contributed by atoms with Gasteiger partial charge in [-0.15, -0.1) is 0 Å². The molecule has 2 bridgehead atoms. The number of nitrogens with one attached hydrogen (secondary N) is 1. The molecule has 2 amide bonds. The number of pyridine rings is 1. The van der Waals surface area contributed by atoms with Crippen molar-refractivity contribution in [1.29, 1.82) is 0 Å². The van der Waals surface area contributed by atoms with Crippen LogP contribution in [0, 0.1) is 0 Å². The molecule has 3 heterocycles. The van der Waals surface area contributed by atoms with Crippen molar-refractivity contribution in [2.45, 2.75) is 50.2 Å². The Morgan fingerprint density at radius 3 is 2.54 bits per heavy atom. The van der Waals surface area contributed by atoms with Gasteiger partial charge in [0, 0.05) is 36.1 Å². The maximum atomic E-state index is 13.0. The van der Waals surface area contributed by atoms with Gasteiger partial charge < -0.3 is 15.0 Å². The third-order valence-electron chi connectivity index (χ3n) is 5.79. The van der Waals surface area contributed by atoms with Crippen LogP contribution in [0.25, 0.3) is 0 Å². The van der Waals surface area contributed by atoms with E-state index in [1.807, 2.05) is 24.3 Å². The van der Waals surface area contributed by atoms with Crippen molar-refractivity contribution in [3.63, 3.8) is 0 Å². The van der Waals surface area contributed by atoms with Crippen LogP contribution in [0.4, 0.5) is 0 Å². The first-order chi connectivity index (χ1) is 13.6. The van der Waals surface area contributed by atoms with Crippen LogP contribution in [0.3, 0.4) is 0 Å². The second-order valence-electron chi connectivity index (χ2n) is 7.59. The third-order valence-corrected chi connectivity index (χ3v) is 5.79. The molecular formula is C22H25N3O3. The molecule has 6 heteroatoms. The van der Waals surface area contributed by atoms with E-state index in [4.69, 9.17) is 4.74 Å². The number of rotatable bonds is 5. The number of hydrogen-bond acceptors (Lipinski definition) is 4. The van der Waals surface area contributed by atoms with Gasteiger partial charge in [-0.1, -0.05) is 12.1 Å². The molecule has 1 N–H and O–H groups in total. The zero-order valence-corrected chi connectivity index (χ0v) is 16.0. The molecule has 4 rings (SSSR count). The minimum absolute atomic E-state index is 0.0667. The lowest BCUT2D eigenvalue weighted by Crippen LogP contribution is -2.52. The van der Waals surface area contributed by atoms with Crippen LogP contribution in [0.5, 0.6) is 5.75 Å². The number of carbonyl (C=O) groups is 2. The summed E-state index contributed by atoms with van der Waals surface area (Å²) in [4.78, 5) is 31.4. The largest absolute Gasteiger partial charge is 0.497 e. The highest BCUT2D eigenvalue weighted by Gasteiger charge is 2.43. The lowest BCUT2D eigenvalue weighted by Gasteiger charge is -2.39. The number of carbonyl (C=O) groups excluding carboxylic acids is 2. The van der Waals surface area contributed by atoms with Gasteiger partial charge >= 0.3 is 0 Å². The zero-order valence-electron chi connectivity index (χ0n) is 16.0. The highest BCUT2D eigenvalue weighted by atomic mass is 16.5. The van der Waals surface area contributed by atoms with Gasteiger partial charge in [0.2, 0.25) is 5.91 Å². The molecule has 1 aromatic carbocycles. The second kappa shape index (κ2) is 8.00. The maximum Gasteiger partial charge on any atom is 0.251 e. The number of aromatic nitrogens is 1. The Hall–Kier alpha value is -2.89. The summed E-state index contributed by atoms with van der Waals surface area (Å²) in [6.45, 7) is 0. The monoisotopic (exact) mass is 379 g/mol. The smallest absolute Gasteiger partial charge is 0.251 e. The summed E-state index contributed by atoms with van der Waals surface area (Å²) in [5.74, 6) is 0.869. The Kier molecular flexibility index (Phi) is 5.28. The minimum Gasteiger partial charge on any atom is -0.497 e. The van der Waals surface area contributed by atoms with Crippen LogP contribution in [0.1, 0.15) is 41.6 Å². The van der Waals surface area contributed by atoms with Crippen molar-refractivity contribution < 1.29 is 14.3 Å². The first kappa shape index (κ1) is 18.5. The van der Waals surface area contributed by atoms with Gasteiger partial charge in [-0.05, 0) is 55.5 Å². The molecule has 0 spiro atoms. The van der Waals surface area contributed by atoms with Gasteiger partial charge in [0.15, 0.2) is 0 Å². The molecule has 2 aliphatic rings. The van der Waals surface area contributed by atoms with Gasteiger partial charge in [0.05, 0.1) is 13.5 Å². The van der Waals surface area contributed by atoms with Crippen LogP contribution in [0.2, 0.25) is 0 Å². The first-order valence-electron chi connectivity index (χ1n) is 9.79. The summed E-state index contributed by atoms with van der Waals surface area (Å²) < 4.78 is 5.25. The van der Waals surface area contributed by atoms with E-state index in [1.54, 1.807) is 31.6 Å². The Labute approximate surface area is 164 Å². The molecule has 2 unspecified atom stereocenters. The highest BCUT2D eigenvalue weighted by molar-refractivity contribution is 5.94. The molecule has 0 saturated carbocycles. The molecule has 2 atom stereocenters. The van der Waals surface area contributed by atoms with Crippen molar-refractivity contribution in [2.24, 2.45) is 0 Å². The predicted octanol–water partition coefficient (Wildman–Crippen LogP) is 2.58. The van der Waals surface area contributed by atoms with Crippen LogP contribution in [-0.4, -0.2) is 46.9 Å². The van der Waals surface area contributed by atoms with Crippen molar-refractivity contribution >= 4 is 11.8 Å². The van der Waals surface area contributed by atoms with Crippen molar-refractivity contribution in [3.8, 4) is 5.75 Å². The van der Waals surface area contributed by atoms with Gasteiger partial charge in [-0.25, -0.2) is 0 Å². The summed E-state index contributed by atoms with van der Waals surface area (Å²) in [6, 6.07) is 11.6. The van der Waals surface area contributed by atoms with Gasteiger partial charge in [0.25, 0.3) is 5.91 Å². The average Bonchev–Trinajstić information content (AvgIpc) is 2.99. The third kappa shape index (κ3) is 3.86. The molecule has 0 radical (unpaired) electrons. The van der Waals surface area contributed by atoms with Crippen LogP contribution < -0.4 is 10.1 Å². The predicted molar refractivity (Wildman–Crippen MR) is 105 cm³/mol. The van der Waals surface area contributed by atoms with E-state index >= 15 is 0 Å². The fraction of sp³-hybridized carbons (Fsp3) is 0.409. The van der Waals surface area contributed by atoms with E-state index in [9.17, 15) is 9.59 Å². The lowest BCUT2D eigenvalue weighted by atomic mass is 9.96. The quantitative estimate of drug-likeness (QED) is 0.867. The molecule has 2 fully saturated rings. The van der Waals surface area contributed by atoms with E-state index in [-0.39, 0.29) is 29.9 Å². The number of hydrogen-bond donors (Lipinski definition) is 1. The van der Waals surface area contributed by atoms with Crippen molar-refractivity contribution in [3.05, 3.63) is 59.9 Å². The highest BCUT2D eigenvalue weighted by Crippen LogP contribution is 2.36. The molecule has 6 nitrogen and oxygen atoms in total. The molecule has 146 valence electrons. The standard InChI is InChI=1S/C22H25N3O3/c1-28-20-4-2-3-15(11-20)12-21(26)25-18-5-6-19(25)14-17(13-18)24-22(27)16-7-9-23-10-8-16/h2-4,7-11,17-19H,5-6,12-14H2,1H3,(H,24,27). The van der Waals surface area contributed by atoms with Crippen LogP contribution >= 0.6 is 0 Å². The number of fused-ring (bicyclic) bond motifs is 2. The molecule has 2 aliphatic heterocycles. The second-order valence-corrected chi connectivity index (χ2v) is 7.59. The number of benzene rings is 1. The van der Waals surface area contributed by atoms with E-state index in [1.165, 1.54) is 0 Å². The molecule has 1 aromatic heterocycles. The zero-order chi connectivity index (χ0) is 19.5. The Bertz CT molecular complexity index is 841. The van der Waals surface area contributed by atoms with Crippen molar-refractivity contribution in [1.82, 2.24) is 15.2 Å². The van der Waals surface area contributed by atoms with Gasteiger partial charge in [0.1, 0.15) is 5.75 Å². The Morgan fingerprint density at radius 2 is 1.86 bits per heavy atom. The minimum atomic E-state index is -0.0667. The van der Waals surface area contributed by atoms with E-state index in [2.05, 4.69) is 15.2 Å². The Morgan fingerprint density at radius 1 is 1.14 bits per heavy atom. The molecular weight excluding hydrogens is 354 g/mol. The molecule has 2 saturated heterocycles. The normalized spacial score (nSPS) is 23.3. The molecule has 2 aromatic rings. The van der Waals surface area contributed by atoms with Gasteiger partial charge in [-0.3, -0.25) is 14.6 Å².